The van der Waals surface area contributed by atoms with Gasteiger partial charge in [0.05, 0.1) is 10.5 Å². The summed E-state index contributed by atoms with van der Waals surface area (Å²) in [6.45, 7) is 4.06. The lowest BCUT2D eigenvalue weighted by Crippen LogP contribution is -2.44. The van der Waals surface area contributed by atoms with Gasteiger partial charge in [-0.3, -0.25) is 0 Å². The van der Waals surface area contributed by atoms with Crippen molar-refractivity contribution in [1.29, 1.82) is 0 Å². The summed E-state index contributed by atoms with van der Waals surface area (Å²) in [4.78, 5) is 0.0773. The highest BCUT2D eigenvalue weighted by Gasteiger charge is 2.33. The summed E-state index contributed by atoms with van der Waals surface area (Å²) in [5, 5.41) is 13.1. The standard InChI is InChI=1S/C13H19FN2O3S/c1-9-5-11(14)6-10(2)12(9)20(18,19)16-8-13(17)3-4-15-7-13/h5-6,15-17H,3-4,7-8H2,1-2H3. The first kappa shape index (κ1) is 15.4. The highest BCUT2D eigenvalue weighted by Crippen LogP contribution is 2.22. The second kappa shape index (κ2) is 5.40. The number of aliphatic hydroxyl groups is 1. The van der Waals surface area contributed by atoms with Gasteiger partial charge in [-0.2, -0.15) is 0 Å². The third-order valence-corrected chi connectivity index (χ3v) is 5.21. The van der Waals surface area contributed by atoms with Gasteiger partial charge in [-0.05, 0) is 50.1 Å². The van der Waals surface area contributed by atoms with Crippen molar-refractivity contribution in [1.82, 2.24) is 10.0 Å². The summed E-state index contributed by atoms with van der Waals surface area (Å²) in [5.41, 5.74) is -0.354. The maximum absolute atomic E-state index is 13.2. The number of sulfonamides is 1. The number of halogens is 1. The fourth-order valence-corrected chi connectivity index (χ4v) is 4.07. The van der Waals surface area contributed by atoms with Crippen LogP contribution in [0.5, 0.6) is 0 Å². The monoisotopic (exact) mass is 302 g/mol. The van der Waals surface area contributed by atoms with Crippen LogP contribution >= 0.6 is 0 Å². The van der Waals surface area contributed by atoms with Crippen LogP contribution in [0.2, 0.25) is 0 Å². The van der Waals surface area contributed by atoms with Crippen LogP contribution in [-0.2, 0) is 10.0 Å². The number of β-amino-alcohol motifs (C(OH)–C–C–N with tert-alkyl or cyclic N) is 1. The average molecular weight is 302 g/mol. The van der Waals surface area contributed by atoms with Gasteiger partial charge in [0.25, 0.3) is 0 Å². The van der Waals surface area contributed by atoms with Crippen LogP contribution in [-0.4, -0.2) is 38.8 Å². The number of benzene rings is 1. The molecule has 0 radical (unpaired) electrons. The maximum atomic E-state index is 13.2. The van der Waals surface area contributed by atoms with Gasteiger partial charge in [0.15, 0.2) is 0 Å². The van der Waals surface area contributed by atoms with Crippen molar-refractivity contribution in [2.45, 2.75) is 30.8 Å². The van der Waals surface area contributed by atoms with E-state index in [0.717, 1.165) is 0 Å². The second-order valence-electron chi connectivity index (χ2n) is 5.34. The maximum Gasteiger partial charge on any atom is 0.241 e. The molecule has 3 N–H and O–H groups in total. The molecule has 1 atom stereocenters. The summed E-state index contributed by atoms with van der Waals surface area (Å²) < 4.78 is 40.3. The predicted octanol–water partition coefficient (Wildman–Crippen LogP) is 0.445. The fraction of sp³-hybridized carbons (Fsp3) is 0.538. The van der Waals surface area contributed by atoms with E-state index in [2.05, 4.69) is 10.0 Å². The lowest BCUT2D eigenvalue weighted by molar-refractivity contribution is 0.0667. The van der Waals surface area contributed by atoms with Gasteiger partial charge >= 0.3 is 0 Å². The first-order chi connectivity index (χ1) is 9.23. The van der Waals surface area contributed by atoms with Crippen molar-refractivity contribution >= 4 is 10.0 Å². The summed E-state index contributed by atoms with van der Waals surface area (Å²) in [5.74, 6) is -0.461. The van der Waals surface area contributed by atoms with Crippen molar-refractivity contribution in [3.05, 3.63) is 29.1 Å². The van der Waals surface area contributed by atoms with Crippen molar-refractivity contribution < 1.29 is 17.9 Å². The smallest absolute Gasteiger partial charge is 0.241 e. The molecule has 0 amide bonds. The Labute approximate surface area is 118 Å². The zero-order valence-corrected chi connectivity index (χ0v) is 12.3. The number of aryl methyl sites for hydroxylation is 2. The summed E-state index contributed by atoms with van der Waals surface area (Å²) >= 11 is 0. The van der Waals surface area contributed by atoms with E-state index >= 15 is 0 Å². The van der Waals surface area contributed by atoms with Gasteiger partial charge in [0.1, 0.15) is 5.82 Å². The van der Waals surface area contributed by atoms with Crippen molar-refractivity contribution in [3.8, 4) is 0 Å². The molecule has 1 heterocycles. The minimum absolute atomic E-state index is 0.0570. The minimum atomic E-state index is -3.77. The zero-order valence-electron chi connectivity index (χ0n) is 11.5. The summed E-state index contributed by atoms with van der Waals surface area (Å²) in [6, 6.07) is 2.38. The first-order valence-corrected chi connectivity index (χ1v) is 7.91. The van der Waals surface area contributed by atoms with Gasteiger partial charge in [-0.25, -0.2) is 17.5 Å². The van der Waals surface area contributed by atoms with Crippen molar-refractivity contribution in [2.24, 2.45) is 0 Å². The Morgan fingerprint density at radius 1 is 1.40 bits per heavy atom. The third kappa shape index (κ3) is 3.17. The molecule has 0 aliphatic carbocycles. The van der Waals surface area contributed by atoms with Gasteiger partial charge in [-0.1, -0.05) is 0 Å². The molecule has 1 saturated heterocycles. The summed E-state index contributed by atoms with van der Waals surface area (Å²) in [6.07, 6.45) is 0.497. The molecule has 0 aromatic heterocycles. The molecule has 0 spiro atoms. The zero-order chi connectivity index (χ0) is 15.0. The van der Waals surface area contributed by atoms with E-state index in [1.54, 1.807) is 13.8 Å². The molecular weight excluding hydrogens is 283 g/mol. The van der Waals surface area contributed by atoms with Gasteiger partial charge in [0, 0.05) is 13.1 Å². The van der Waals surface area contributed by atoms with Gasteiger partial charge in [0.2, 0.25) is 10.0 Å². The molecule has 5 nitrogen and oxygen atoms in total. The Bertz CT molecular complexity index is 587. The van der Waals surface area contributed by atoms with Gasteiger partial charge < -0.3 is 10.4 Å². The quantitative estimate of drug-likeness (QED) is 0.754. The van der Waals surface area contributed by atoms with Gasteiger partial charge in [-0.15, -0.1) is 0 Å². The van der Waals surface area contributed by atoms with E-state index in [9.17, 15) is 17.9 Å². The topological polar surface area (TPSA) is 78.4 Å². The molecule has 1 aliphatic heterocycles. The Morgan fingerprint density at radius 2 is 2.00 bits per heavy atom. The predicted molar refractivity (Wildman–Crippen MR) is 73.5 cm³/mol. The van der Waals surface area contributed by atoms with Crippen molar-refractivity contribution in [3.63, 3.8) is 0 Å². The number of rotatable bonds is 4. The van der Waals surface area contributed by atoms with E-state index in [1.165, 1.54) is 12.1 Å². The molecule has 1 aliphatic rings. The molecule has 7 heteroatoms. The normalized spacial score (nSPS) is 23.2. The third-order valence-electron chi connectivity index (χ3n) is 3.51. The molecular formula is C13H19FN2O3S. The van der Waals surface area contributed by atoms with E-state index < -0.39 is 21.4 Å². The Hall–Kier alpha value is -1.02. The van der Waals surface area contributed by atoms with Crippen LogP contribution in [0, 0.1) is 19.7 Å². The number of nitrogens with one attached hydrogen (secondary N) is 2. The van der Waals surface area contributed by atoms with E-state index in [-0.39, 0.29) is 11.4 Å². The Balaban J connectivity index is 2.23. The molecule has 1 aromatic rings. The van der Waals surface area contributed by atoms with Crippen LogP contribution < -0.4 is 10.0 Å². The highest BCUT2D eigenvalue weighted by molar-refractivity contribution is 7.89. The lowest BCUT2D eigenvalue weighted by atomic mass is 10.1. The van der Waals surface area contributed by atoms with Crippen LogP contribution in [0.1, 0.15) is 17.5 Å². The lowest BCUT2D eigenvalue weighted by Gasteiger charge is -2.22. The average Bonchev–Trinajstić information content (AvgIpc) is 2.73. The SMILES string of the molecule is Cc1cc(F)cc(C)c1S(=O)(=O)NCC1(O)CCNC1. The first-order valence-electron chi connectivity index (χ1n) is 6.43. The molecule has 0 saturated carbocycles. The molecule has 20 heavy (non-hydrogen) atoms. The van der Waals surface area contributed by atoms with Crippen LogP contribution in [0.25, 0.3) is 0 Å². The van der Waals surface area contributed by atoms with E-state index in [1.807, 2.05) is 0 Å². The fourth-order valence-electron chi connectivity index (χ4n) is 2.50. The number of hydrogen-bond donors (Lipinski definition) is 3. The van der Waals surface area contributed by atoms with Crippen molar-refractivity contribution in [2.75, 3.05) is 19.6 Å². The minimum Gasteiger partial charge on any atom is -0.387 e. The number of hydrogen-bond acceptors (Lipinski definition) is 4. The Kier molecular flexibility index (Phi) is 4.15. The highest BCUT2D eigenvalue weighted by atomic mass is 32.2. The molecule has 112 valence electrons. The van der Waals surface area contributed by atoms with Crippen LogP contribution in [0.15, 0.2) is 17.0 Å². The van der Waals surface area contributed by atoms with E-state index in [0.29, 0.717) is 30.6 Å². The largest absolute Gasteiger partial charge is 0.387 e. The summed E-state index contributed by atoms with van der Waals surface area (Å²) in [7, 11) is -3.77. The molecule has 0 bridgehead atoms. The van der Waals surface area contributed by atoms with Crippen LogP contribution in [0.3, 0.4) is 0 Å². The molecule has 1 aromatic carbocycles. The Morgan fingerprint density at radius 3 is 2.50 bits per heavy atom. The second-order valence-corrected chi connectivity index (χ2v) is 7.05. The molecule has 2 rings (SSSR count). The van der Waals surface area contributed by atoms with Crippen LogP contribution in [0.4, 0.5) is 4.39 Å². The molecule has 1 fully saturated rings. The molecule has 1 unspecified atom stereocenters. The van der Waals surface area contributed by atoms with E-state index in [4.69, 9.17) is 0 Å².